The summed E-state index contributed by atoms with van der Waals surface area (Å²) in [5.41, 5.74) is 3.20. The highest BCUT2D eigenvalue weighted by atomic mass is 16.2. The molecule has 1 aromatic carbocycles. The zero-order valence-electron chi connectivity index (χ0n) is 13.9. The van der Waals surface area contributed by atoms with Crippen molar-refractivity contribution in [1.29, 1.82) is 0 Å². The van der Waals surface area contributed by atoms with Gasteiger partial charge in [-0.3, -0.25) is 9.78 Å². The van der Waals surface area contributed by atoms with Gasteiger partial charge in [-0.2, -0.15) is 0 Å². The van der Waals surface area contributed by atoms with Gasteiger partial charge in [-0.1, -0.05) is 17.7 Å². The fourth-order valence-corrected chi connectivity index (χ4v) is 3.33. The van der Waals surface area contributed by atoms with E-state index in [0.717, 1.165) is 13.1 Å². The van der Waals surface area contributed by atoms with Crippen LogP contribution in [0.1, 0.15) is 29.8 Å². The fraction of sp³-hybridized carbons (Fsp3) is 0.368. The van der Waals surface area contributed by atoms with Gasteiger partial charge in [-0.05, 0) is 45.0 Å². The van der Waals surface area contributed by atoms with Crippen LogP contribution in [0.5, 0.6) is 0 Å². The van der Waals surface area contributed by atoms with Crippen LogP contribution in [0, 0.1) is 6.92 Å². The number of aryl methyl sites for hydroxylation is 1. The summed E-state index contributed by atoms with van der Waals surface area (Å²) in [6, 6.07) is 12.5. The summed E-state index contributed by atoms with van der Waals surface area (Å²) in [4.78, 5) is 21.1. The van der Waals surface area contributed by atoms with Gasteiger partial charge >= 0.3 is 0 Å². The Morgan fingerprint density at radius 1 is 1.00 bits per heavy atom. The van der Waals surface area contributed by atoms with Crippen molar-refractivity contribution in [2.75, 3.05) is 18.0 Å². The topological polar surface area (TPSA) is 36.4 Å². The Balaban J connectivity index is 1.77. The third-order valence-corrected chi connectivity index (χ3v) is 4.48. The van der Waals surface area contributed by atoms with E-state index in [4.69, 9.17) is 0 Å². The Labute approximate surface area is 137 Å². The number of hydrogen-bond donors (Lipinski definition) is 0. The molecular formula is C19H23N3O. The van der Waals surface area contributed by atoms with Crippen LogP contribution >= 0.6 is 0 Å². The van der Waals surface area contributed by atoms with Crippen LogP contribution in [0.25, 0.3) is 0 Å². The average molecular weight is 309 g/mol. The summed E-state index contributed by atoms with van der Waals surface area (Å²) in [6.45, 7) is 8.04. The van der Waals surface area contributed by atoms with Gasteiger partial charge < -0.3 is 9.80 Å². The van der Waals surface area contributed by atoms with Crippen molar-refractivity contribution in [3.63, 3.8) is 0 Å². The number of aromatic nitrogens is 1. The van der Waals surface area contributed by atoms with Crippen molar-refractivity contribution >= 4 is 11.6 Å². The highest BCUT2D eigenvalue weighted by Crippen LogP contribution is 2.24. The van der Waals surface area contributed by atoms with Gasteiger partial charge in [0, 0.05) is 48.8 Å². The minimum Gasteiger partial charge on any atom is -0.367 e. The third-order valence-electron chi connectivity index (χ3n) is 4.48. The Kier molecular flexibility index (Phi) is 4.33. The van der Waals surface area contributed by atoms with Crippen molar-refractivity contribution in [3.05, 3.63) is 59.9 Å². The second kappa shape index (κ2) is 6.41. The fourth-order valence-electron chi connectivity index (χ4n) is 3.33. The molecule has 0 saturated carbocycles. The second-order valence-electron chi connectivity index (χ2n) is 6.39. The molecule has 4 nitrogen and oxygen atoms in total. The quantitative estimate of drug-likeness (QED) is 0.855. The van der Waals surface area contributed by atoms with E-state index in [1.54, 1.807) is 24.5 Å². The molecule has 0 aliphatic carbocycles. The predicted molar refractivity (Wildman–Crippen MR) is 92.7 cm³/mol. The molecule has 3 rings (SSSR count). The van der Waals surface area contributed by atoms with Gasteiger partial charge in [0.15, 0.2) is 0 Å². The summed E-state index contributed by atoms with van der Waals surface area (Å²) in [5, 5.41) is 0. The highest BCUT2D eigenvalue weighted by Gasteiger charge is 2.33. The number of carbonyl (C=O) groups excluding carboxylic acids is 1. The molecule has 23 heavy (non-hydrogen) atoms. The minimum atomic E-state index is 0.0935. The van der Waals surface area contributed by atoms with Crippen molar-refractivity contribution in [2.45, 2.75) is 32.9 Å². The molecule has 2 atom stereocenters. The number of nitrogens with zero attached hydrogens (tertiary/aromatic N) is 3. The largest absolute Gasteiger partial charge is 0.367 e. The van der Waals surface area contributed by atoms with Crippen molar-refractivity contribution < 1.29 is 4.79 Å². The first-order chi connectivity index (χ1) is 11.1. The molecule has 1 aromatic heterocycles. The second-order valence-corrected chi connectivity index (χ2v) is 6.39. The average Bonchev–Trinajstić information content (AvgIpc) is 2.55. The van der Waals surface area contributed by atoms with Crippen LogP contribution in [0.3, 0.4) is 0 Å². The van der Waals surface area contributed by atoms with E-state index in [1.165, 1.54) is 11.3 Å². The number of benzene rings is 1. The molecule has 0 radical (unpaired) electrons. The van der Waals surface area contributed by atoms with Gasteiger partial charge in [-0.15, -0.1) is 0 Å². The molecule has 4 heteroatoms. The number of amides is 1. The molecule has 1 fully saturated rings. The smallest absolute Gasteiger partial charge is 0.254 e. The van der Waals surface area contributed by atoms with Crippen molar-refractivity contribution in [3.8, 4) is 0 Å². The SMILES string of the molecule is Cc1ccc(N2CC(C)N(C(=O)c3ccncc3)C(C)C2)cc1. The lowest BCUT2D eigenvalue weighted by Gasteiger charge is -2.45. The molecule has 0 spiro atoms. The monoisotopic (exact) mass is 309 g/mol. The van der Waals surface area contributed by atoms with E-state index in [2.05, 4.69) is 54.9 Å². The molecular weight excluding hydrogens is 286 g/mol. The molecule has 1 saturated heterocycles. The van der Waals surface area contributed by atoms with E-state index in [0.29, 0.717) is 5.56 Å². The van der Waals surface area contributed by atoms with Crippen LogP contribution in [-0.2, 0) is 0 Å². The number of carbonyl (C=O) groups is 1. The lowest BCUT2D eigenvalue weighted by molar-refractivity contribution is 0.0574. The summed E-state index contributed by atoms with van der Waals surface area (Å²) in [7, 11) is 0. The molecule has 120 valence electrons. The van der Waals surface area contributed by atoms with Gasteiger partial charge in [0.25, 0.3) is 5.91 Å². The van der Waals surface area contributed by atoms with Crippen LogP contribution in [0.15, 0.2) is 48.8 Å². The van der Waals surface area contributed by atoms with Crippen LogP contribution in [0.2, 0.25) is 0 Å². The summed E-state index contributed by atoms with van der Waals surface area (Å²) < 4.78 is 0. The first kappa shape index (κ1) is 15.5. The van der Waals surface area contributed by atoms with E-state index in [1.807, 2.05) is 4.90 Å². The van der Waals surface area contributed by atoms with Gasteiger partial charge in [-0.25, -0.2) is 0 Å². The highest BCUT2D eigenvalue weighted by molar-refractivity contribution is 5.94. The number of anilines is 1. The molecule has 1 aliphatic heterocycles. The normalized spacial score (nSPS) is 21.3. The molecule has 0 N–H and O–H groups in total. The summed E-state index contributed by atoms with van der Waals surface area (Å²) >= 11 is 0. The number of rotatable bonds is 2. The lowest BCUT2D eigenvalue weighted by Crippen LogP contribution is -2.58. The van der Waals surface area contributed by atoms with Crippen LogP contribution < -0.4 is 4.90 Å². The number of hydrogen-bond acceptors (Lipinski definition) is 3. The molecule has 2 unspecified atom stereocenters. The molecule has 1 aliphatic rings. The number of piperazine rings is 1. The lowest BCUT2D eigenvalue weighted by atomic mass is 10.0. The van der Waals surface area contributed by atoms with Gasteiger partial charge in [0.2, 0.25) is 0 Å². The first-order valence-corrected chi connectivity index (χ1v) is 8.10. The van der Waals surface area contributed by atoms with E-state index in [9.17, 15) is 4.79 Å². The van der Waals surface area contributed by atoms with Crippen LogP contribution in [-0.4, -0.2) is 41.0 Å². The summed E-state index contributed by atoms with van der Waals surface area (Å²) in [6.07, 6.45) is 3.34. The molecule has 2 heterocycles. The Hall–Kier alpha value is -2.36. The first-order valence-electron chi connectivity index (χ1n) is 8.10. The Morgan fingerprint density at radius 3 is 2.13 bits per heavy atom. The van der Waals surface area contributed by atoms with Crippen molar-refractivity contribution in [2.24, 2.45) is 0 Å². The predicted octanol–water partition coefficient (Wildman–Crippen LogP) is 3.13. The molecule has 0 bridgehead atoms. The number of pyridine rings is 1. The Morgan fingerprint density at radius 2 is 1.57 bits per heavy atom. The zero-order valence-corrected chi connectivity index (χ0v) is 13.9. The van der Waals surface area contributed by atoms with Gasteiger partial charge in [0.1, 0.15) is 0 Å². The molecule has 1 amide bonds. The minimum absolute atomic E-state index is 0.0935. The standard InChI is InChI=1S/C19H23N3O/c1-14-4-6-18(7-5-14)21-12-15(2)22(16(3)13-21)19(23)17-8-10-20-11-9-17/h4-11,15-16H,12-13H2,1-3H3. The van der Waals surface area contributed by atoms with E-state index < -0.39 is 0 Å². The summed E-state index contributed by atoms with van der Waals surface area (Å²) in [5.74, 6) is 0.0935. The Bertz CT molecular complexity index is 657. The third kappa shape index (κ3) is 3.21. The zero-order chi connectivity index (χ0) is 16.4. The maximum absolute atomic E-state index is 12.8. The van der Waals surface area contributed by atoms with E-state index >= 15 is 0 Å². The van der Waals surface area contributed by atoms with E-state index in [-0.39, 0.29) is 18.0 Å². The van der Waals surface area contributed by atoms with Crippen molar-refractivity contribution in [1.82, 2.24) is 9.88 Å². The van der Waals surface area contributed by atoms with Gasteiger partial charge in [0.05, 0.1) is 0 Å². The maximum atomic E-state index is 12.8. The maximum Gasteiger partial charge on any atom is 0.254 e. The van der Waals surface area contributed by atoms with Crippen LogP contribution in [0.4, 0.5) is 5.69 Å². The molecule has 2 aromatic rings.